The second-order valence-corrected chi connectivity index (χ2v) is 4.59. The molecule has 16 heavy (non-hydrogen) atoms. The number of carbonyl (C=O) groups excluding carboxylic acids is 1. The molecule has 2 aliphatic rings. The summed E-state index contributed by atoms with van der Waals surface area (Å²) in [7, 11) is 0. The van der Waals surface area contributed by atoms with Crippen LogP contribution in [0.3, 0.4) is 0 Å². The van der Waals surface area contributed by atoms with Crippen molar-refractivity contribution < 1.29 is 9.18 Å². The lowest BCUT2D eigenvalue weighted by Crippen LogP contribution is -2.29. The van der Waals surface area contributed by atoms with Crippen LogP contribution in [0.2, 0.25) is 5.02 Å². The second-order valence-electron chi connectivity index (χ2n) is 4.18. The van der Waals surface area contributed by atoms with E-state index in [9.17, 15) is 9.18 Å². The van der Waals surface area contributed by atoms with Crippen LogP contribution < -0.4 is 10.6 Å². The zero-order valence-corrected chi connectivity index (χ0v) is 9.14. The van der Waals surface area contributed by atoms with Crippen molar-refractivity contribution in [2.45, 2.75) is 24.9 Å². The molecule has 0 saturated heterocycles. The van der Waals surface area contributed by atoms with Crippen LogP contribution in [-0.4, -0.2) is 11.9 Å². The van der Waals surface area contributed by atoms with Gasteiger partial charge in [0, 0.05) is 16.6 Å². The monoisotopic (exact) mass is 240 g/mol. The van der Waals surface area contributed by atoms with E-state index in [1.807, 2.05) is 0 Å². The van der Waals surface area contributed by atoms with Gasteiger partial charge in [-0.25, -0.2) is 4.39 Å². The molecule has 1 aromatic rings. The van der Waals surface area contributed by atoms with E-state index in [1.165, 1.54) is 12.1 Å². The quantitative estimate of drug-likeness (QED) is 0.832. The van der Waals surface area contributed by atoms with Gasteiger partial charge in [-0.1, -0.05) is 11.6 Å². The highest BCUT2D eigenvalue weighted by molar-refractivity contribution is 6.32. The highest BCUT2D eigenvalue weighted by Crippen LogP contribution is 2.39. The topological polar surface area (TPSA) is 41.1 Å². The summed E-state index contributed by atoms with van der Waals surface area (Å²) < 4.78 is 13.5. The van der Waals surface area contributed by atoms with Gasteiger partial charge in [-0.2, -0.15) is 0 Å². The second kappa shape index (κ2) is 3.43. The molecule has 2 N–H and O–H groups in total. The maximum Gasteiger partial charge on any atom is 0.246 e. The molecule has 0 radical (unpaired) electrons. The fraction of sp³-hybridized carbons (Fsp3) is 0.364. The first kappa shape index (κ1) is 10.1. The molecule has 1 unspecified atom stereocenters. The molecule has 0 spiro atoms. The summed E-state index contributed by atoms with van der Waals surface area (Å²) in [6.07, 6.45) is 2.12. The summed E-state index contributed by atoms with van der Waals surface area (Å²) in [5.74, 6) is -0.665. The number of hydrogen-bond donors (Lipinski definition) is 2. The van der Waals surface area contributed by atoms with Crippen molar-refractivity contribution in [1.82, 2.24) is 5.32 Å². The molecule has 1 saturated carbocycles. The first-order valence-corrected chi connectivity index (χ1v) is 5.59. The summed E-state index contributed by atoms with van der Waals surface area (Å²) in [4.78, 5) is 11.7. The van der Waals surface area contributed by atoms with Crippen LogP contribution in [-0.2, 0) is 4.79 Å². The molecule has 84 valence electrons. The molecular formula is C11H10ClFN2O. The number of nitrogens with one attached hydrogen (secondary N) is 2. The molecule has 1 fully saturated rings. The highest BCUT2D eigenvalue weighted by atomic mass is 35.5. The van der Waals surface area contributed by atoms with E-state index in [0.717, 1.165) is 12.8 Å². The normalized spacial score (nSPS) is 23.1. The van der Waals surface area contributed by atoms with Crippen molar-refractivity contribution in [2.75, 3.05) is 5.32 Å². The summed E-state index contributed by atoms with van der Waals surface area (Å²) in [5.41, 5.74) is 0.759. The fourth-order valence-corrected chi connectivity index (χ4v) is 2.21. The summed E-state index contributed by atoms with van der Waals surface area (Å²) in [5, 5.41) is 6.12. The molecule has 3 rings (SSSR count). The van der Waals surface area contributed by atoms with Gasteiger partial charge < -0.3 is 5.32 Å². The van der Waals surface area contributed by atoms with Crippen molar-refractivity contribution in [1.29, 1.82) is 0 Å². The van der Waals surface area contributed by atoms with Crippen LogP contribution in [0, 0.1) is 5.82 Å². The lowest BCUT2D eigenvalue weighted by molar-refractivity contribution is -0.117. The molecule has 1 atom stereocenters. The first-order chi connectivity index (χ1) is 7.66. The Bertz CT molecular complexity index is 473. The molecule has 0 bridgehead atoms. The van der Waals surface area contributed by atoms with Gasteiger partial charge in [0.2, 0.25) is 5.91 Å². The Morgan fingerprint density at radius 2 is 2.19 bits per heavy atom. The van der Waals surface area contributed by atoms with Crippen LogP contribution in [0.1, 0.15) is 24.4 Å². The van der Waals surface area contributed by atoms with E-state index in [0.29, 0.717) is 16.6 Å². The van der Waals surface area contributed by atoms with E-state index in [1.54, 1.807) is 0 Å². The zero-order chi connectivity index (χ0) is 11.3. The number of amides is 1. The summed E-state index contributed by atoms with van der Waals surface area (Å²) in [6.45, 7) is 0. The Morgan fingerprint density at radius 3 is 2.88 bits per heavy atom. The van der Waals surface area contributed by atoms with Gasteiger partial charge in [0.05, 0.1) is 5.69 Å². The molecule has 1 aliphatic carbocycles. The minimum absolute atomic E-state index is 0.218. The summed E-state index contributed by atoms with van der Waals surface area (Å²) in [6, 6.07) is 2.60. The average Bonchev–Trinajstić information content (AvgIpc) is 2.99. The summed E-state index contributed by atoms with van der Waals surface area (Å²) >= 11 is 6.01. The molecule has 1 aromatic carbocycles. The lowest BCUT2D eigenvalue weighted by Gasteiger charge is -2.11. The van der Waals surface area contributed by atoms with Crippen molar-refractivity contribution in [2.24, 2.45) is 0 Å². The van der Waals surface area contributed by atoms with Crippen LogP contribution in [0.25, 0.3) is 0 Å². The van der Waals surface area contributed by atoms with Crippen LogP contribution in [0.4, 0.5) is 10.1 Å². The maximum atomic E-state index is 13.5. The maximum absolute atomic E-state index is 13.5. The van der Waals surface area contributed by atoms with Gasteiger partial charge in [0.1, 0.15) is 11.9 Å². The van der Waals surface area contributed by atoms with E-state index in [4.69, 9.17) is 11.6 Å². The van der Waals surface area contributed by atoms with Crippen molar-refractivity contribution in [3.8, 4) is 0 Å². The van der Waals surface area contributed by atoms with Crippen LogP contribution >= 0.6 is 11.6 Å². The Labute approximate surface area is 97.0 Å². The van der Waals surface area contributed by atoms with Gasteiger partial charge >= 0.3 is 0 Å². The lowest BCUT2D eigenvalue weighted by atomic mass is 10.1. The van der Waals surface area contributed by atoms with Crippen LogP contribution in [0.5, 0.6) is 0 Å². The Balaban J connectivity index is 2.04. The minimum Gasteiger partial charge on any atom is -0.322 e. The number of hydrogen-bond acceptors (Lipinski definition) is 2. The first-order valence-electron chi connectivity index (χ1n) is 5.21. The van der Waals surface area contributed by atoms with E-state index in [2.05, 4.69) is 10.6 Å². The smallest absolute Gasteiger partial charge is 0.246 e. The SMILES string of the molecule is O=C1Nc2c(F)ccc(Cl)c2C1NC1CC1. The number of carbonyl (C=O) groups is 1. The standard InChI is InChI=1S/C11H10ClFN2O/c12-6-3-4-7(13)9-8(6)10(11(16)15-9)14-5-1-2-5/h3-5,10,14H,1-2H2,(H,15,16). The third-order valence-corrected chi connectivity index (χ3v) is 3.25. The van der Waals surface area contributed by atoms with Crippen LogP contribution in [0.15, 0.2) is 12.1 Å². The predicted octanol–water partition coefficient (Wildman–Crippen LogP) is 2.22. The largest absolute Gasteiger partial charge is 0.322 e. The van der Waals surface area contributed by atoms with Gasteiger partial charge in [-0.05, 0) is 25.0 Å². The van der Waals surface area contributed by atoms with Gasteiger partial charge in [0.25, 0.3) is 0 Å². The van der Waals surface area contributed by atoms with Crippen molar-refractivity contribution in [3.63, 3.8) is 0 Å². The van der Waals surface area contributed by atoms with E-state index in [-0.39, 0.29) is 11.6 Å². The van der Waals surface area contributed by atoms with E-state index < -0.39 is 11.9 Å². The van der Waals surface area contributed by atoms with Gasteiger partial charge in [0.15, 0.2) is 0 Å². The number of fused-ring (bicyclic) bond motifs is 1. The minimum atomic E-state index is -0.509. The number of benzene rings is 1. The molecule has 5 heteroatoms. The highest BCUT2D eigenvalue weighted by Gasteiger charge is 2.37. The zero-order valence-electron chi connectivity index (χ0n) is 8.39. The molecular weight excluding hydrogens is 231 g/mol. The number of rotatable bonds is 2. The van der Waals surface area contributed by atoms with Gasteiger partial charge in [-0.3, -0.25) is 10.1 Å². The molecule has 1 heterocycles. The third-order valence-electron chi connectivity index (χ3n) is 2.92. The molecule has 3 nitrogen and oxygen atoms in total. The molecule has 0 aromatic heterocycles. The number of anilines is 1. The Kier molecular flexibility index (Phi) is 2.16. The fourth-order valence-electron chi connectivity index (χ4n) is 1.95. The van der Waals surface area contributed by atoms with Crippen molar-refractivity contribution in [3.05, 3.63) is 28.5 Å². The Morgan fingerprint density at radius 1 is 1.44 bits per heavy atom. The van der Waals surface area contributed by atoms with Crippen molar-refractivity contribution >= 4 is 23.2 Å². The molecule has 1 aliphatic heterocycles. The third kappa shape index (κ3) is 1.49. The van der Waals surface area contributed by atoms with E-state index >= 15 is 0 Å². The average molecular weight is 241 g/mol. The van der Waals surface area contributed by atoms with Gasteiger partial charge in [-0.15, -0.1) is 0 Å². The predicted molar refractivity (Wildman–Crippen MR) is 58.9 cm³/mol. The molecule has 1 amide bonds. The number of halogens is 2. The Hall–Kier alpha value is -1.13.